The number of furan rings is 1. The van der Waals surface area contributed by atoms with Crippen LogP contribution in [0.15, 0.2) is 53.1 Å². The average Bonchev–Trinajstić information content (AvgIpc) is 3.20. The maximum atomic E-state index is 5.37. The number of aromatic nitrogens is 2. The van der Waals surface area contributed by atoms with E-state index in [4.69, 9.17) is 4.42 Å². The molecule has 3 heterocycles. The van der Waals surface area contributed by atoms with Crippen LogP contribution < -0.4 is 15.1 Å². The molecule has 1 N–H and O–H groups in total. The minimum Gasteiger partial charge on any atom is -0.467 e. The van der Waals surface area contributed by atoms with E-state index in [1.807, 2.05) is 25.1 Å². The van der Waals surface area contributed by atoms with Crippen LogP contribution in [0.5, 0.6) is 0 Å². The van der Waals surface area contributed by atoms with Gasteiger partial charge in [-0.25, -0.2) is 9.97 Å². The highest BCUT2D eigenvalue weighted by Crippen LogP contribution is 2.22. The minimum absolute atomic E-state index is 0.615. The van der Waals surface area contributed by atoms with E-state index in [2.05, 4.69) is 56.3 Å². The van der Waals surface area contributed by atoms with Gasteiger partial charge in [-0.2, -0.15) is 0 Å². The predicted octanol–water partition coefficient (Wildman–Crippen LogP) is 3.63. The molecule has 1 fully saturated rings. The van der Waals surface area contributed by atoms with Gasteiger partial charge >= 0.3 is 0 Å². The van der Waals surface area contributed by atoms with Crippen LogP contribution in [0.3, 0.4) is 0 Å². The maximum absolute atomic E-state index is 5.37. The fraction of sp³-hybridized carbons (Fsp3) is 0.333. The molecule has 0 bridgehead atoms. The SMILES string of the molecule is Cc1cccc(N2CCN(c3cc(NCc4ccco4)nc(C)n3)CC2)c1. The third kappa shape index (κ3) is 4.22. The van der Waals surface area contributed by atoms with Crippen LogP contribution in [0.4, 0.5) is 17.3 Å². The van der Waals surface area contributed by atoms with E-state index in [1.54, 1.807) is 6.26 Å². The molecule has 27 heavy (non-hydrogen) atoms. The van der Waals surface area contributed by atoms with Crippen molar-refractivity contribution in [3.05, 3.63) is 65.9 Å². The van der Waals surface area contributed by atoms with Crippen LogP contribution in [-0.4, -0.2) is 36.1 Å². The van der Waals surface area contributed by atoms with Crippen molar-refractivity contribution in [2.45, 2.75) is 20.4 Å². The lowest BCUT2D eigenvalue weighted by Gasteiger charge is -2.37. The first kappa shape index (κ1) is 17.4. The molecular weight excluding hydrogens is 338 g/mol. The summed E-state index contributed by atoms with van der Waals surface area (Å²) in [6.07, 6.45) is 1.68. The van der Waals surface area contributed by atoms with E-state index >= 15 is 0 Å². The smallest absolute Gasteiger partial charge is 0.134 e. The van der Waals surface area contributed by atoms with Gasteiger partial charge in [0.05, 0.1) is 12.8 Å². The van der Waals surface area contributed by atoms with Crippen molar-refractivity contribution < 1.29 is 4.42 Å². The largest absolute Gasteiger partial charge is 0.467 e. The number of nitrogens with one attached hydrogen (secondary N) is 1. The van der Waals surface area contributed by atoms with Gasteiger partial charge < -0.3 is 19.5 Å². The van der Waals surface area contributed by atoms with Crippen LogP contribution in [0, 0.1) is 13.8 Å². The molecule has 0 unspecified atom stereocenters. The number of hydrogen-bond donors (Lipinski definition) is 1. The Morgan fingerprint density at radius 1 is 0.963 bits per heavy atom. The Morgan fingerprint density at radius 2 is 1.78 bits per heavy atom. The molecule has 0 radical (unpaired) electrons. The van der Waals surface area contributed by atoms with Crippen LogP contribution in [-0.2, 0) is 6.54 Å². The molecule has 0 spiro atoms. The van der Waals surface area contributed by atoms with Crippen molar-refractivity contribution in [1.82, 2.24) is 9.97 Å². The molecule has 1 aromatic carbocycles. The van der Waals surface area contributed by atoms with Gasteiger partial charge in [-0.05, 0) is 43.7 Å². The Kier molecular flexibility index (Phi) is 4.96. The van der Waals surface area contributed by atoms with E-state index < -0.39 is 0 Å². The van der Waals surface area contributed by atoms with Gasteiger partial charge in [-0.3, -0.25) is 0 Å². The van der Waals surface area contributed by atoms with Crippen LogP contribution >= 0.6 is 0 Å². The molecule has 1 aliphatic rings. The summed E-state index contributed by atoms with van der Waals surface area (Å²) in [5, 5.41) is 3.33. The Bertz CT molecular complexity index is 885. The highest BCUT2D eigenvalue weighted by Gasteiger charge is 2.19. The molecule has 1 saturated heterocycles. The van der Waals surface area contributed by atoms with Crippen molar-refractivity contribution in [1.29, 1.82) is 0 Å². The van der Waals surface area contributed by atoms with Crippen molar-refractivity contribution >= 4 is 17.3 Å². The van der Waals surface area contributed by atoms with Gasteiger partial charge in [-0.15, -0.1) is 0 Å². The van der Waals surface area contributed by atoms with Crippen molar-refractivity contribution in [2.24, 2.45) is 0 Å². The number of aryl methyl sites for hydroxylation is 2. The lowest BCUT2D eigenvalue weighted by molar-refractivity contribution is 0.517. The molecule has 0 aliphatic carbocycles. The van der Waals surface area contributed by atoms with Crippen LogP contribution in [0.25, 0.3) is 0 Å². The van der Waals surface area contributed by atoms with E-state index in [0.29, 0.717) is 6.54 Å². The number of hydrogen-bond acceptors (Lipinski definition) is 6. The normalized spacial score (nSPS) is 14.4. The first-order valence-corrected chi connectivity index (χ1v) is 9.36. The summed E-state index contributed by atoms with van der Waals surface area (Å²) in [6.45, 7) is 8.56. The van der Waals surface area contributed by atoms with Crippen molar-refractivity contribution in [2.75, 3.05) is 41.3 Å². The number of nitrogens with zero attached hydrogens (tertiary/aromatic N) is 4. The first-order valence-electron chi connectivity index (χ1n) is 9.36. The lowest BCUT2D eigenvalue weighted by atomic mass is 10.2. The van der Waals surface area contributed by atoms with Crippen molar-refractivity contribution in [3.8, 4) is 0 Å². The predicted molar refractivity (Wildman–Crippen MR) is 108 cm³/mol. The standard InChI is InChI=1S/C21H25N5O/c1-16-5-3-6-18(13-16)25-8-10-26(11-9-25)21-14-20(23-17(2)24-21)22-15-19-7-4-12-27-19/h3-7,12-14H,8-11,15H2,1-2H3,(H,22,23,24). The molecular formula is C21H25N5O. The van der Waals surface area contributed by atoms with E-state index in [9.17, 15) is 0 Å². The summed E-state index contributed by atoms with van der Waals surface area (Å²) in [5.74, 6) is 3.47. The summed E-state index contributed by atoms with van der Waals surface area (Å²) >= 11 is 0. The highest BCUT2D eigenvalue weighted by molar-refractivity contribution is 5.53. The number of piperazine rings is 1. The van der Waals surface area contributed by atoms with E-state index in [0.717, 1.165) is 49.4 Å². The first-order chi connectivity index (χ1) is 13.2. The Labute approximate surface area is 159 Å². The van der Waals surface area contributed by atoms with Gasteiger partial charge in [0.15, 0.2) is 0 Å². The maximum Gasteiger partial charge on any atom is 0.134 e. The molecule has 0 saturated carbocycles. The van der Waals surface area contributed by atoms with Crippen LogP contribution in [0.1, 0.15) is 17.1 Å². The number of benzene rings is 1. The number of anilines is 3. The summed E-state index contributed by atoms with van der Waals surface area (Å²) in [7, 11) is 0. The Morgan fingerprint density at radius 3 is 2.52 bits per heavy atom. The lowest BCUT2D eigenvalue weighted by Crippen LogP contribution is -2.47. The quantitative estimate of drug-likeness (QED) is 0.747. The summed E-state index contributed by atoms with van der Waals surface area (Å²) < 4.78 is 5.37. The molecule has 1 aliphatic heterocycles. The summed E-state index contributed by atoms with van der Waals surface area (Å²) in [5.41, 5.74) is 2.60. The summed E-state index contributed by atoms with van der Waals surface area (Å²) in [4.78, 5) is 13.9. The molecule has 0 amide bonds. The summed E-state index contributed by atoms with van der Waals surface area (Å²) in [6, 6.07) is 14.6. The molecule has 6 heteroatoms. The fourth-order valence-corrected chi connectivity index (χ4v) is 3.41. The molecule has 6 nitrogen and oxygen atoms in total. The van der Waals surface area contributed by atoms with Gasteiger partial charge in [-0.1, -0.05) is 12.1 Å². The van der Waals surface area contributed by atoms with Gasteiger partial charge in [0.25, 0.3) is 0 Å². The second-order valence-electron chi connectivity index (χ2n) is 6.90. The van der Waals surface area contributed by atoms with Gasteiger partial charge in [0.2, 0.25) is 0 Å². The zero-order valence-electron chi connectivity index (χ0n) is 15.9. The Hall–Kier alpha value is -3.02. The van der Waals surface area contributed by atoms with E-state index in [-0.39, 0.29) is 0 Å². The second-order valence-corrected chi connectivity index (χ2v) is 6.90. The van der Waals surface area contributed by atoms with E-state index in [1.165, 1.54) is 11.3 Å². The second kappa shape index (κ2) is 7.70. The minimum atomic E-state index is 0.615. The third-order valence-electron chi connectivity index (χ3n) is 4.82. The molecule has 4 rings (SSSR count). The molecule has 2 aromatic heterocycles. The topological polar surface area (TPSA) is 57.4 Å². The monoisotopic (exact) mass is 363 g/mol. The molecule has 140 valence electrons. The zero-order chi connectivity index (χ0) is 18.6. The van der Waals surface area contributed by atoms with Crippen LogP contribution in [0.2, 0.25) is 0 Å². The number of rotatable bonds is 5. The van der Waals surface area contributed by atoms with Crippen molar-refractivity contribution in [3.63, 3.8) is 0 Å². The Balaban J connectivity index is 1.41. The third-order valence-corrected chi connectivity index (χ3v) is 4.82. The average molecular weight is 363 g/mol. The fourth-order valence-electron chi connectivity index (χ4n) is 3.41. The molecule has 0 atom stereocenters. The van der Waals surface area contributed by atoms with Gasteiger partial charge in [0.1, 0.15) is 23.2 Å². The zero-order valence-corrected chi connectivity index (χ0v) is 15.9. The molecule has 3 aromatic rings. The highest BCUT2D eigenvalue weighted by atomic mass is 16.3. The van der Waals surface area contributed by atoms with Gasteiger partial charge in [0, 0.05) is 37.9 Å².